The molecule has 0 aromatic heterocycles. The molecule has 2 fully saturated rings. The Morgan fingerprint density at radius 2 is 1.84 bits per heavy atom. The predicted molar refractivity (Wildman–Crippen MR) is 78.7 cm³/mol. The Bertz CT molecular complexity index is 315. The van der Waals surface area contributed by atoms with Gasteiger partial charge in [-0.15, -0.1) is 0 Å². The average molecular weight is 266 g/mol. The standard InChI is InChI=1S/C16H30N2O/c1-13(2)11-16(5-3-4-6-16)14(19)18-12-15(7-8-15)9-10-17/h13H,3-12,17H2,1-2H3,(H,18,19). The summed E-state index contributed by atoms with van der Waals surface area (Å²) in [5, 5.41) is 3.26. The van der Waals surface area contributed by atoms with Gasteiger partial charge in [-0.25, -0.2) is 0 Å². The number of rotatable bonds is 7. The van der Waals surface area contributed by atoms with Crippen LogP contribution in [0.15, 0.2) is 0 Å². The highest BCUT2D eigenvalue weighted by molar-refractivity contribution is 5.83. The van der Waals surface area contributed by atoms with Crippen LogP contribution in [0.5, 0.6) is 0 Å². The van der Waals surface area contributed by atoms with Gasteiger partial charge in [0, 0.05) is 12.0 Å². The van der Waals surface area contributed by atoms with E-state index in [2.05, 4.69) is 19.2 Å². The number of nitrogens with two attached hydrogens (primary N) is 1. The fraction of sp³-hybridized carbons (Fsp3) is 0.938. The van der Waals surface area contributed by atoms with Gasteiger partial charge in [-0.1, -0.05) is 26.7 Å². The summed E-state index contributed by atoms with van der Waals surface area (Å²) < 4.78 is 0. The number of amides is 1. The molecule has 3 nitrogen and oxygen atoms in total. The van der Waals surface area contributed by atoms with E-state index in [-0.39, 0.29) is 5.41 Å². The van der Waals surface area contributed by atoms with Gasteiger partial charge in [0.2, 0.25) is 5.91 Å². The lowest BCUT2D eigenvalue weighted by molar-refractivity contribution is -0.132. The number of hydrogen-bond acceptors (Lipinski definition) is 2. The van der Waals surface area contributed by atoms with Gasteiger partial charge in [-0.05, 0) is 56.4 Å². The predicted octanol–water partition coefficient (Wildman–Crippen LogP) is 2.84. The third-order valence-corrected chi connectivity index (χ3v) is 5.10. The van der Waals surface area contributed by atoms with Crippen LogP contribution in [0.4, 0.5) is 0 Å². The van der Waals surface area contributed by atoms with Crippen molar-refractivity contribution < 1.29 is 4.79 Å². The molecule has 0 aromatic carbocycles. The molecular weight excluding hydrogens is 236 g/mol. The highest BCUT2D eigenvalue weighted by Crippen LogP contribution is 2.48. The highest BCUT2D eigenvalue weighted by atomic mass is 16.2. The van der Waals surface area contributed by atoms with Crippen LogP contribution in [0.3, 0.4) is 0 Å². The Morgan fingerprint density at radius 1 is 1.21 bits per heavy atom. The van der Waals surface area contributed by atoms with Gasteiger partial charge in [0.1, 0.15) is 0 Å². The number of carbonyl (C=O) groups is 1. The van der Waals surface area contributed by atoms with Crippen LogP contribution in [0.25, 0.3) is 0 Å². The molecular formula is C16H30N2O. The lowest BCUT2D eigenvalue weighted by Gasteiger charge is -2.30. The summed E-state index contributed by atoms with van der Waals surface area (Å²) in [6, 6.07) is 0. The Balaban J connectivity index is 1.89. The first kappa shape index (κ1) is 14.8. The van der Waals surface area contributed by atoms with Crippen LogP contribution in [-0.2, 0) is 4.79 Å². The molecule has 0 atom stereocenters. The van der Waals surface area contributed by atoms with Gasteiger partial charge in [-0.3, -0.25) is 4.79 Å². The molecule has 19 heavy (non-hydrogen) atoms. The molecule has 0 radical (unpaired) electrons. The maximum absolute atomic E-state index is 12.6. The van der Waals surface area contributed by atoms with Crippen LogP contribution < -0.4 is 11.1 Å². The molecule has 1 amide bonds. The molecule has 3 heteroatoms. The second-order valence-electron chi connectivity index (χ2n) is 7.31. The molecule has 0 bridgehead atoms. The van der Waals surface area contributed by atoms with Gasteiger partial charge < -0.3 is 11.1 Å². The lowest BCUT2D eigenvalue weighted by atomic mass is 9.77. The molecule has 0 saturated heterocycles. The zero-order chi connectivity index (χ0) is 13.9. The summed E-state index contributed by atoms with van der Waals surface area (Å²) in [6.07, 6.45) is 9.18. The summed E-state index contributed by atoms with van der Waals surface area (Å²) in [6.45, 7) is 6.05. The first-order valence-electron chi connectivity index (χ1n) is 8.00. The van der Waals surface area contributed by atoms with Crippen molar-refractivity contribution in [2.45, 2.75) is 65.2 Å². The van der Waals surface area contributed by atoms with Crippen LogP contribution in [0.2, 0.25) is 0 Å². The Kier molecular flexibility index (Phi) is 4.54. The molecule has 2 aliphatic rings. The highest BCUT2D eigenvalue weighted by Gasteiger charge is 2.45. The monoisotopic (exact) mass is 266 g/mol. The van der Waals surface area contributed by atoms with E-state index in [1.54, 1.807) is 0 Å². The molecule has 0 unspecified atom stereocenters. The van der Waals surface area contributed by atoms with Crippen molar-refractivity contribution in [3.05, 3.63) is 0 Å². The minimum Gasteiger partial charge on any atom is -0.355 e. The fourth-order valence-electron chi connectivity index (χ4n) is 3.81. The van der Waals surface area contributed by atoms with Crippen LogP contribution in [-0.4, -0.2) is 19.0 Å². The van der Waals surface area contributed by atoms with E-state index in [0.717, 1.165) is 38.8 Å². The summed E-state index contributed by atoms with van der Waals surface area (Å²) >= 11 is 0. The van der Waals surface area contributed by atoms with E-state index in [1.165, 1.54) is 25.7 Å². The normalized spacial score (nSPS) is 23.6. The quantitative estimate of drug-likeness (QED) is 0.744. The van der Waals surface area contributed by atoms with Gasteiger partial charge >= 0.3 is 0 Å². The number of carbonyl (C=O) groups excluding carboxylic acids is 1. The second kappa shape index (κ2) is 5.82. The second-order valence-corrected chi connectivity index (χ2v) is 7.31. The number of hydrogen-bond donors (Lipinski definition) is 2. The van der Waals surface area contributed by atoms with Crippen molar-refractivity contribution >= 4 is 5.91 Å². The van der Waals surface area contributed by atoms with Crippen LogP contribution in [0, 0.1) is 16.7 Å². The van der Waals surface area contributed by atoms with E-state index < -0.39 is 0 Å². The molecule has 0 aromatic rings. The van der Waals surface area contributed by atoms with E-state index >= 15 is 0 Å². The minimum atomic E-state index is -0.0625. The Labute approximate surface area is 117 Å². The van der Waals surface area contributed by atoms with Gasteiger partial charge in [0.15, 0.2) is 0 Å². The van der Waals surface area contributed by atoms with E-state index in [9.17, 15) is 4.79 Å². The largest absolute Gasteiger partial charge is 0.355 e. The topological polar surface area (TPSA) is 55.1 Å². The van der Waals surface area contributed by atoms with Crippen molar-refractivity contribution in [1.82, 2.24) is 5.32 Å². The van der Waals surface area contributed by atoms with Crippen LogP contribution in [0.1, 0.15) is 65.2 Å². The van der Waals surface area contributed by atoms with E-state index in [0.29, 0.717) is 17.2 Å². The summed E-state index contributed by atoms with van der Waals surface area (Å²) in [7, 11) is 0. The van der Waals surface area contributed by atoms with Crippen molar-refractivity contribution in [1.29, 1.82) is 0 Å². The van der Waals surface area contributed by atoms with Gasteiger partial charge in [-0.2, -0.15) is 0 Å². The van der Waals surface area contributed by atoms with Crippen molar-refractivity contribution in [2.75, 3.05) is 13.1 Å². The van der Waals surface area contributed by atoms with E-state index in [1.807, 2.05) is 0 Å². The molecule has 0 heterocycles. The molecule has 3 N–H and O–H groups in total. The van der Waals surface area contributed by atoms with Crippen LogP contribution >= 0.6 is 0 Å². The zero-order valence-electron chi connectivity index (χ0n) is 12.6. The fourth-order valence-corrected chi connectivity index (χ4v) is 3.81. The summed E-state index contributed by atoms with van der Waals surface area (Å²) in [4.78, 5) is 12.6. The maximum atomic E-state index is 12.6. The van der Waals surface area contributed by atoms with E-state index in [4.69, 9.17) is 5.73 Å². The average Bonchev–Trinajstić information content (AvgIpc) is 2.95. The Morgan fingerprint density at radius 3 is 2.32 bits per heavy atom. The summed E-state index contributed by atoms with van der Waals surface area (Å²) in [5.74, 6) is 0.921. The molecule has 110 valence electrons. The molecule has 2 rings (SSSR count). The van der Waals surface area contributed by atoms with Gasteiger partial charge in [0.05, 0.1) is 0 Å². The lowest BCUT2D eigenvalue weighted by Crippen LogP contribution is -2.42. The van der Waals surface area contributed by atoms with Crippen molar-refractivity contribution in [3.63, 3.8) is 0 Å². The minimum absolute atomic E-state index is 0.0625. The first-order chi connectivity index (χ1) is 9.02. The van der Waals surface area contributed by atoms with Crippen molar-refractivity contribution in [2.24, 2.45) is 22.5 Å². The molecule has 0 aliphatic heterocycles. The van der Waals surface area contributed by atoms with Crippen molar-refractivity contribution in [3.8, 4) is 0 Å². The smallest absolute Gasteiger partial charge is 0.226 e. The first-order valence-corrected chi connectivity index (χ1v) is 8.00. The SMILES string of the molecule is CC(C)CC1(C(=O)NCC2(CCN)CC2)CCCC1. The third kappa shape index (κ3) is 3.50. The molecule has 2 aliphatic carbocycles. The Hall–Kier alpha value is -0.570. The third-order valence-electron chi connectivity index (χ3n) is 5.10. The van der Waals surface area contributed by atoms with Gasteiger partial charge in [0.25, 0.3) is 0 Å². The zero-order valence-corrected chi connectivity index (χ0v) is 12.6. The summed E-state index contributed by atoms with van der Waals surface area (Å²) in [5.41, 5.74) is 5.95. The number of nitrogens with one attached hydrogen (secondary N) is 1. The maximum Gasteiger partial charge on any atom is 0.226 e. The molecule has 2 saturated carbocycles. The molecule has 0 spiro atoms.